The quantitative estimate of drug-likeness (QED) is 0.381. The number of aromatic hydroxyl groups is 1. The molecular weight excluding hydrogens is 476 g/mol. The van der Waals surface area contributed by atoms with Crippen molar-refractivity contribution in [1.29, 1.82) is 0 Å². The van der Waals surface area contributed by atoms with Gasteiger partial charge in [-0.3, -0.25) is 9.59 Å². The number of phenolic OH excluding ortho intramolecular Hbond substituents is 1. The van der Waals surface area contributed by atoms with Crippen LogP contribution in [0.1, 0.15) is 24.8 Å². The van der Waals surface area contributed by atoms with Gasteiger partial charge in [-0.2, -0.15) is 0 Å². The fourth-order valence-corrected chi connectivity index (χ4v) is 7.92. The van der Waals surface area contributed by atoms with Crippen LogP contribution in [-0.2, 0) is 33.3 Å². The smallest absolute Gasteiger partial charge is 0.316 e. The maximum absolute atomic E-state index is 13.6. The van der Waals surface area contributed by atoms with Crippen molar-refractivity contribution in [2.45, 2.75) is 68.5 Å². The molecule has 11 nitrogen and oxygen atoms in total. The highest BCUT2D eigenvalue weighted by atomic mass is 16.8. The molecule has 2 bridgehead atoms. The first-order valence-electron chi connectivity index (χ1n) is 12.4. The summed E-state index contributed by atoms with van der Waals surface area (Å²) in [5, 5.41) is 40.7. The Hall–Kier alpha value is -2.28. The van der Waals surface area contributed by atoms with Gasteiger partial charge in [0.1, 0.15) is 35.6 Å². The van der Waals surface area contributed by atoms with Gasteiger partial charge in [0.15, 0.2) is 12.4 Å². The molecule has 4 saturated heterocycles. The first-order chi connectivity index (χ1) is 17.3. The van der Waals surface area contributed by atoms with E-state index in [2.05, 4.69) is 0 Å². The predicted molar refractivity (Wildman–Crippen MR) is 115 cm³/mol. The zero-order chi connectivity index (χ0) is 25.1. The lowest BCUT2D eigenvalue weighted by Crippen LogP contribution is -2.72. The number of rotatable bonds is 2. The van der Waals surface area contributed by atoms with Gasteiger partial charge in [0, 0.05) is 17.8 Å². The zero-order valence-corrected chi connectivity index (χ0v) is 19.4. The maximum Gasteiger partial charge on any atom is 0.316 e. The van der Waals surface area contributed by atoms with Crippen LogP contribution in [0.5, 0.6) is 5.75 Å². The molecular formula is C25H28O11. The van der Waals surface area contributed by atoms with Gasteiger partial charge in [0.25, 0.3) is 0 Å². The monoisotopic (exact) mass is 504 g/mol. The van der Waals surface area contributed by atoms with E-state index in [4.69, 9.17) is 23.7 Å². The Labute approximate surface area is 205 Å². The number of fused-ring (bicyclic) bond motifs is 3. The van der Waals surface area contributed by atoms with Crippen molar-refractivity contribution < 1.29 is 53.7 Å². The van der Waals surface area contributed by atoms with Crippen molar-refractivity contribution in [2.24, 2.45) is 29.1 Å². The van der Waals surface area contributed by atoms with Gasteiger partial charge in [-0.1, -0.05) is 19.1 Å². The molecule has 7 rings (SSSR count). The average molecular weight is 504 g/mol. The standard InChI is InChI=1S/C25H28O11/c1-8-6-11-16-13(8)22-35-20-14(15(25(16,20)24(31)33-11)9-2-4-10(27)5-3-9)21(30)34-19-18(29)17(28)12(7-26)32-23(19)36-22/h2-5,8,11-20,22-23,26-29H,6-7H2,1H3/t8-,11-,12?,13+,14+,15+,16-,17?,18?,19?,20+,22-,23?,25-/m0/s1. The fraction of sp³-hybridized carbons (Fsp3) is 0.680. The molecule has 1 spiro atoms. The van der Waals surface area contributed by atoms with Crippen LogP contribution >= 0.6 is 0 Å². The molecule has 36 heavy (non-hydrogen) atoms. The van der Waals surface area contributed by atoms with Crippen molar-refractivity contribution in [3.05, 3.63) is 29.8 Å². The number of benzene rings is 1. The number of ether oxygens (including phenoxy) is 5. The molecule has 1 aromatic carbocycles. The molecule has 6 fully saturated rings. The summed E-state index contributed by atoms with van der Waals surface area (Å²) in [7, 11) is 0. The summed E-state index contributed by atoms with van der Waals surface area (Å²) in [5.74, 6) is -3.14. The fourth-order valence-electron chi connectivity index (χ4n) is 7.92. The molecule has 4 aliphatic heterocycles. The van der Waals surface area contributed by atoms with Crippen LogP contribution in [0, 0.1) is 29.1 Å². The number of hydrogen-bond donors (Lipinski definition) is 4. The highest BCUT2D eigenvalue weighted by Gasteiger charge is 2.83. The molecule has 194 valence electrons. The molecule has 4 N–H and O–H groups in total. The summed E-state index contributed by atoms with van der Waals surface area (Å²) in [4.78, 5) is 27.2. The van der Waals surface area contributed by atoms with Crippen molar-refractivity contribution >= 4 is 11.9 Å². The Morgan fingerprint density at radius 2 is 1.75 bits per heavy atom. The van der Waals surface area contributed by atoms with Crippen molar-refractivity contribution in [3.63, 3.8) is 0 Å². The number of aliphatic hydroxyl groups is 3. The normalized spacial score (nSPS) is 52.6. The lowest BCUT2D eigenvalue weighted by atomic mass is 9.43. The minimum atomic E-state index is -1.57. The second kappa shape index (κ2) is 7.62. The highest BCUT2D eigenvalue weighted by Crippen LogP contribution is 2.73. The third-order valence-corrected chi connectivity index (χ3v) is 9.37. The largest absolute Gasteiger partial charge is 0.508 e. The van der Waals surface area contributed by atoms with E-state index >= 15 is 0 Å². The van der Waals surface area contributed by atoms with E-state index in [0.29, 0.717) is 12.0 Å². The first-order valence-corrected chi connectivity index (χ1v) is 12.4. The topological polar surface area (TPSA) is 161 Å². The van der Waals surface area contributed by atoms with E-state index in [1.54, 1.807) is 12.1 Å². The third-order valence-electron chi connectivity index (χ3n) is 9.37. The number of esters is 2. The van der Waals surface area contributed by atoms with Crippen LogP contribution in [0.15, 0.2) is 24.3 Å². The van der Waals surface area contributed by atoms with E-state index < -0.39 is 78.9 Å². The van der Waals surface area contributed by atoms with Gasteiger partial charge in [-0.15, -0.1) is 0 Å². The zero-order valence-electron chi connectivity index (χ0n) is 19.4. The van der Waals surface area contributed by atoms with Crippen LogP contribution in [-0.4, -0.2) is 88.2 Å². The number of aliphatic hydroxyl groups excluding tert-OH is 3. The highest BCUT2D eigenvalue weighted by molar-refractivity contribution is 5.90. The minimum absolute atomic E-state index is 0.0505. The van der Waals surface area contributed by atoms with Gasteiger partial charge in [0.05, 0.1) is 18.6 Å². The Balaban J connectivity index is 1.37. The lowest BCUT2D eigenvalue weighted by Gasteiger charge is -2.62. The Bertz CT molecular complexity index is 1090. The van der Waals surface area contributed by atoms with Gasteiger partial charge in [0.2, 0.25) is 6.29 Å². The molecule has 2 aliphatic carbocycles. The van der Waals surface area contributed by atoms with Crippen LogP contribution < -0.4 is 0 Å². The predicted octanol–water partition coefficient (Wildman–Crippen LogP) is -0.604. The SMILES string of the molecule is C[C@H]1C[C@@H]2OC(=O)[C@@]34[C@@H]2[C@@H]1[C@@H]1OC2OC(CO)C(O)C(O)C2OC(=O)[C@@H]([C@H]3O1)[C@H]4c1ccc(O)cc1. The van der Waals surface area contributed by atoms with Crippen molar-refractivity contribution in [2.75, 3.05) is 6.61 Å². The lowest BCUT2D eigenvalue weighted by molar-refractivity contribution is -0.374. The summed E-state index contributed by atoms with van der Waals surface area (Å²) < 4.78 is 30.0. The second-order valence-corrected chi connectivity index (χ2v) is 11.0. The van der Waals surface area contributed by atoms with Crippen molar-refractivity contribution in [1.82, 2.24) is 0 Å². The van der Waals surface area contributed by atoms with Gasteiger partial charge in [-0.05, 0) is 30.0 Å². The molecule has 14 atom stereocenters. The number of phenols is 1. The molecule has 0 aromatic heterocycles. The van der Waals surface area contributed by atoms with E-state index in [1.807, 2.05) is 6.92 Å². The summed E-state index contributed by atoms with van der Waals surface area (Å²) in [6, 6.07) is 6.36. The molecule has 1 aromatic rings. The molecule has 0 amide bonds. The van der Waals surface area contributed by atoms with Gasteiger partial charge >= 0.3 is 11.9 Å². The molecule has 6 aliphatic rings. The van der Waals surface area contributed by atoms with E-state index in [0.717, 1.165) is 0 Å². The number of carbonyl (C=O) groups is 2. The first kappa shape index (κ1) is 22.9. The Morgan fingerprint density at radius 1 is 1.00 bits per heavy atom. The second-order valence-electron chi connectivity index (χ2n) is 11.0. The molecule has 11 heteroatoms. The minimum Gasteiger partial charge on any atom is -0.508 e. The summed E-state index contributed by atoms with van der Waals surface area (Å²) >= 11 is 0. The summed E-state index contributed by atoms with van der Waals surface area (Å²) in [6.45, 7) is 1.46. The molecule has 0 radical (unpaired) electrons. The van der Waals surface area contributed by atoms with Gasteiger partial charge in [-0.25, -0.2) is 0 Å². The number of hydrogen-bond acceptors (Lipinski definition) is 11. The van der Waals surface area contributed by atoms with Crippen LogP contribution in [0.25, 0.3) is 0 Å². The van der Waals surface area contributed by atoms with Crippen LogP contribution in [0.2, 0.25) is 0 Å². The molecule has 2 saturated carbocycles. The van der Waals surface area contributed by atoms with E-state index in [9.17, 15) is 30.0 Å². The van der Waals surface area contributed by atoms with E-state index in [-0.39, 0.29) is 29.6 Å². The van der Waals surface area contributed by atoms with Crippen LogP contribution in [0.3, 0.4) is 0 Å². The van der Waals surface area contributed by atoms with Crippen LogP contribution in [0.4, 0.5) is 0 Å². The Kier molecular flexibility index (Phi) is 4.84. The Morgan fingerprint density at radius 3 is 2.47 bits per heavy atom. The summed E-state index contributed by atoms with van der Waals surface area (Å²) in [5.41, 5.74) is -0.454. The third kappa shape index (κ3) is 2.68. The van der Waals surface area contributed by atoms with Gasteiger partial charge < -0.3 is 44.1 Å². The number of carbonyl (C=O) groups excluding carboxylic acids is 2. The molecule has 4 heterocycles. The maximum atomic E-state index is 13.6. The average Bonchev–Trinajstić information content (AvgIpc) is 3.32. The summed E-state index contributed by atoms with van der Waals surface area (Å²) in [6.07, 6.45) is -8.37. The van der Waals surface area contributed by atoms with E-state index in [1.165, 1.54) is 12.1 Å². The van der Waals surface area contributed by atoms with Crippen molar-refractivity contribution in [3.8, 4) is 5.75 Å². The molecule has 5 unspecified atom stereocenters.